The minimum absolute atomic E-state index is 0. The molecule has 0 atom stereocenters. The van der Waals surface area contributed by atoms with Crippen LogP contribution in [0.4, 0.5) is 0 Å². The first-order chi connectivity index (χ1) is 7.75. The highest BCUT2D eigenvalue weighted by Gasteiger charge is 2.10. The smallest absolute Gasteiger partial charge is 0.0554 e. The Morgan fingerprint density at radius 1 is 1.18 bits per heavy atom. The number of likely N-dealkylation sites (N-methyl/N-ethyl adjacent to an activating group) is 1. The SMILES string of the molecule is CN1CCN(N=Cc2ccccc2Br)CC1.Cl. The number of rotatable bonds is 2. The van der Waals surface area contributed by atoms with Gasteiger partial charge in [-0.15, -0.1) is 12.4 Å². The maximum Gasteiger partial charge on any atom is 0.0554 e. The van der Waals surface area contributed by atoms with Crippen LogP contribution in [0.25, 0.3) is 0 Å². The van der Waals surface area contributed by atoms with Gasteiger partial charge in [0.15, 0.2) is 0 Å². The first-order valence-corrected chi connectivity index (χ1v) is 6.27. The van der Waals surface area contributed by atoms with E-state index in [2.05, 4.69) is 44.1 Å². The second kappa shape index (κ2) is 6.99. The van der Waals surface area contributed by atoms with Crippen molar-refractivity contribution in [2.24, 2.45) is 5.10 Å². The molecule has 0 spiro atoms. The summed E-state index contributed by atoms with van der Waals surface area (Å²) in [5.74, 6) is 0. The number of hydrogen-bond donors (Lipinski definition) is 0. The predicted octanol–water partition coefficient (Wildman–Crippen LogP) is 2.45. The molecule has 1 aliphatic heterocycles. The molecule has 94 valence electrons. The van der Waals surface area contributed by atoms with Gasteiger partial charge >= 0.3 is 0 Å². The molecule has 1 aromatic rings. The molecular weight excluding hydrogens is 302 g/mol. The van der Waals surface area contributed by atoms with Crippen LogP contribution in [-0.2, 0) is 0 Å². The minimum Gasteiger partial charge on any atom is -0.303 e. The largest absolute Gasteiger partial charge is 0.303 e. The van der Waals surface area contributed by atoms with Gasteiger partial charge in [0.1, 0.15) is 0 Å². The van der Waals surface area contributed by atoms with Gasteiger partial charge in [-0.3, -0.25) is 5.01 Å². The third-order valence-corrected chi connectivity index (χ3v) is 3.47. The van der Waals surface area contributed by atoms with Crippen molar-refractivity contribution in [1.82, 2.24) is 9.91 Å². The minimum atomic E-state index is 0. The van der Waals surface area contributed by atoms with Gasteiger partial charge in [0.2, 0.25) is 0 Å². The highest BCUT2D eigenvalue weighted by Crippen LogP contribution is 2.13. The lowest BCUT2D eigenvalue weighted by Gasteiger charge is -2.30. The molecule has 0 aromatic heterocycles. The topological polar surface area (TPSA) is 18.8 Å². The van der Waals surface area contributed by atoms with Gasteiger partial charge in [0.05, 0.1) is 6.21 Å². The molecule has 0 amide bonds. The summed E-state index contributed by atoms with van der Waals surface area (Å²) >= 11 is 3.51. The number of nitrogens with zero attached hydrogens (tertiary/aromatic N) is 3. The van der Waals surface area contributed by atoms with E-state index in [0.717, 1.165) is 36.2 Å². The molecular formula is C12H17BrClN3. The van der Waals surface area contributed by atoms with E-state index in [9.17, 15) is 0 Å². The summed E-state index contributed by atoms with van der Waals surface area (Å²) in [5, 5.41) is 6.62. The number of hydrazone groups is 1. The van der Waals surface area contributed by atoms with Gasteiger partial charge in [0.25, 0.3) is 0 Å². The molecule has 1 aromatic carbocycles. The van der Waals surface area contributed by atoms with Crippen molar-refractivity contribution >= 4 is 34.6 Å². The first-order valence-electron chi connectivity index (χ1n) is 5.48. The number of halogens is 2. The van der Waals surface area contributed by atoms with Crippen LogP contribution < -0.4 is 0 Å². The molecule has 1 fully saturated rings. The van der Waals surface area contributed by atoms with Crippen molar-refractivity contribution < 1.29 is 0 Å². The van der Waals surface area contributed by atoms with E-state index in [1.54, 1.807) is 0 Å². The molecule has 0 unspecified atom stereocenters. The molecule has 1 saturated heterocycles. The summed E-state index contributed by atoms with van der Waals surface area (Å²) in [7, 11) is 2.15. The van der Waals surface area contributed by atoms with Crippen LogP contribution in [0.1, 0.15) is 5.56 Å². The zero-order valence-corrected chi connectivity index (χ0v) is 12.2. The highest BCUT2D eigenvalue weighted by molar-refractivity contribution is 9.10. The second-order valence-corrected chi connectivity index (χ2v) is 4.88. The zero-order valence-electron chi connectivity index (χ0n) is 9.84. The van der Waals surface area contributed by atoms with Crippen molar-refractivity contribution in [2.75, 3.05) is 33.2 Å². The summed E-state index contributed by atoms with van der Waals surface area (Å²) in [6.45, 7) is 4.20. The highest BCUT2D eigenvalue weighted by atomic mass is 79.9. The summed E-state index contributed by atoms with van der Waals surface area (Å²) in [5.41, 5.74) is 1.13. The van der Waals surface area contributed by atoms with Crippen molar-refractivity contribution in [3.8, 4) is 0 Å². The predicted molar refractivity (Wildman–Crippen MR) is 78.1 cm³/mol. The van der Waals surface area contributed by atoms with Crippen LogP contribution in [0.2, 0.25) is 0 Å². The van der Waals surface area contributed by atoms with E-state index in [1.165, 1.54) is 0 Å². The molecule has 0 bridgehead atoms. The van der Waals surface area contributed by atoms with Gasteiger partial charge in [-0.1, -0.05) is 34.1 Å². The Morgan fingerprint density at radius 2 is 1.82 bits per heavy atom. The quantitative estimate of drug-likeness (QED) is 0.780. The Morgan fingerprint density at radius 3 is 2.47 bits per heavy atom. The molecule has 0 N–H and O–H groups in total. The number of piperazine rings is 1. The Bertz CT molecular complexity index is 376. The second-order valence-electron chi connectivity index (χ2n) is 4.02. The van der Waals surface area contributed by atoms with Gasteiger partial charge in [0, 0.05) is 36.2 Å². The Labute approximate surface area is 117 Å². The Kier molecular flexibility index (Phi) is 5.95. The fourth-order valence-corrected chi connectivity index (χ4v) is 2.02. The first kappa shape index (κ1) is 14.5. The molecule has 1 heterocycles. The van der Waals surface area contributed by atoms with E-state index in [4.69, 9.17) is 0 Å². The van der Waals surface area contributed by atoms with Crippen LogP contribution >= 0.6 is 28.3 Å². The Hall–Kier alpha value is -0.580. The third kappa shape index (κ3) is 4.30. The van der Waals surface area contributed by atoms with E-state index >= 15 is 0 Å². The van der Waals surface area contributed by atoms with Crippen LogP contribution in [0.5, 0.6) is 0 Å². The van der Waals surface area contributed by atoms with Crippen LogP contribution in [-0.4, -0.2) is 49.4 Å². The van der Waals surface area contributed by atoms with Gasteiger partial charge < -0.3 is 4.90 Å². The Balaban J connectivity index is 0.00000144. The lowest BCUT2D eigenvalue weighted by Crippen LogP contribution is -2.41. The molecule has 2 rings (SSSR count). The van der Waals surface area contributed by atoms with Crippen molar-refractivity contribution in [1.29, 1.82) is 0 Å². The summed E-state index contributed by atoms with van der Waals surface area (Å²) in [4.78, 5) is 2.32. The number of benzene rings is 1. The number of hydrogen-bond acceptors (Lipinski definition) is 3. The normalized spacial score (nSPS) is 17.2. The molecule has 1 aliphatic rings. The molecule has 3 nitrogen and oxygen atoms in total. The van der Waals surface area contributed by atoms with E-state index in [-0.39, 0.29) is 12.4 Å². The fourth-order valence-electron chi connectivity index (χ4n) is 1.64. The van der Waals surface area contributed by atoms with E-state index in [1.807, 2.05) is 24.4 Å². The molecule has 0 aliphatic carbocycles. The lowest BCUT2D eigenvalue weighted by molar-refractivity contribution is 0.159. The lowest BCUT2D eigenvalue weighted by atomic mass is 10.2. The van der Waals surface area contributed by atoms with Crippen molar-refractivity contribution in [3.63, 3.8) is 0 Å². The van der Waals surface area contributed by atoms with Crippen molar-refractivity contribution in [3.05, 3.63) is 34.3 Å². The van der Waals surface area contributed by atoms with Crippen LogP contribution in [0.3, 0.4) is 0 Å². The van der Waals surface area contributed by atoms with Crippen LogP contribution in [0.15, 0.2) is 33.8 Å². The van der Waals surface area contributed by atoms with Crippen LogP contribution in [0, 0.1) is 0 Å². The maximum atomic E-state index is 4.50. The summed E-state index contributed by atoms with van der Waals surface area (Å²) < 4.78 is 1.09. The third-order valence-electron chi connectivity index (χ3n) is 2.75. The molecule has 0 saturated carbocycles. The fraction of sp³-hybridized carbons (Fsp3) is 0.417. The van der Waals surface area contributed by atoms with Gasteiger partial charge in [-0.05, 0) is 13.1 Å². The zero-order chi connectivity index (χ0) is 11.4. The van der Waals surface area contributed by atoms with E-state index < -0.39 is 0 Å². The summed E-state index contributed by atoms with van der Waals surface area (Å²) in [6.07, 6.45) is 1.93. The average Bonchev–Trinajstić information content (AvgIpc) is 2.30. The van der Waals surface area contributed by atoms with Gasteiger partial charge in [-0.2, -0.15) is 5.10 Å². The standard InChI is InChI=1S/C12H16BrN3.ClH/c1-15-6-8-16(9-7-15)14-10-11-4-2-3-5-12(11)13;/h2-5,10H,6-9H2,1H3;1H. The molecule has 0 radical (unpaired) electrons. The summed E-state index contributed by atoms with van der Waals surface area (Å²) in [6, 6.07) is 8.13. The van der Waals surface area contributed by atoms with Gasteiger partial charge in [-0.25, -0.2) is 0 Å². The molecule has 5 heteroatoms. The van der Waals surface area contributed by atoms with E-state index in [0.29, 0.717) is 0 Å². The van der Waals surface area contributed by atoms with Crippen molar-refractivity contribution in [2.45, 2.75) is 0 Å². The maximum absolute atomic E-state index is 4.50. The monoisotopic (exact) mass is 317 g/mol. The molecule has 17 heavy (non-hydrogen) atoms. The average molecular weight is 319 g/mol.